The summed E-state index contributed by atoms with van der Waals surface area (Å²) in [6, 6.07) is 19.8. The van der Waals surface area contributed by atoms with E-state index in [4.69, 9.17) is 16.3 Å². The number of pyridine rings is 2. The highest BCUT2D eigenvalue weighted by atomic mass is 35.5. The molecule has 4 heterocycles. The van der Waals surface area contributed by atoms with Gasteiger partial charge in [-0.1, -0.05) is 35.9 Å². The van der Waals surface area contributed by atoms with E-state index in [1.807, 2.05) is 24.4 Å². The molecule has 0 radical (unpaired) electrons. The number of benzene rings is 2. The van der Waals surface area contributed by atoms with Crippen LogP contribution in [-0.2, 0) is 14.8 Å². The van der Waals surface area contributed by atoms with E-state index < -0.39 is 10.0 Å². The number of nitrogens with zero attached hydrogens (tertiary/aromatic N) is 4. The molecule has 7 nitrogen and oxygen atoms in total. The molecule has 2 aromatic carbocycles. The van der Waals surface area contributed by atoms with E-state index >= 15 is 0 Å². The van der Waals surface area contributed by atoms with E-state index in [1.54, 1.807) is 42.5 Å². The topological polar surface area (TPSA) is 77.3 Å². The van der Waals surface area contributed by atoms with Crippen LogP contribution in [0.1, 0.15) is 0 Å². The number of anilines is 1. The molecule has 0 spiro atoms. The molecule has 1 fully saturated rings. The van der Waals surface area contributed by atoms with Gasteiger partial charge in [0.1, 0.15) is 0 Å². The van der Waals surface area contributed by atoms with Crippen molar-refractivity contribution >= 4 is 49.2 Å². The van der Waals surface area contributed by atoms with Crippen LogP contribution >= 0.6 is 11.6 Å². The third-order valence-electron chi connectivity index (χ3n) is 6.23. The Hall–Kier alpha value is -3.46. The average molecular weight is 505 g/mol. The van der Waals surface area contributed by atoms with Crippen molar-refractivity contribution in [3.8, 4) is 11.3 Å². The molecule has 0 aliphatic carbocycles. The van der Waals surface area contributed by atoms with Gasteiger partial charge in [-0.3, -0.25) is 4.98 Å². The molecule has 5 aromatic rings. The van der Waals surface area contributed by atoms with E-state index in [0.717, 1.165) is 35.4 Å². The Morgan fingerprint density at radius 2 is 1.66 bits per heavy atom. The molecule has 35 heavy (non-hydrogen) atoms. The monoisotopic (exact) mass is 504 g/mol. The van der Waals surface area contributed by atoms with Gasteiger partial charge in [0.25, 0.3) is 10.0 Å². The molecule has 1 aliphatic heterocycles. The fourth-order valence-electron chi connectivity index (χ4n) is 4.50. The average Bonchev–Trinajstić information content (AvgIpc) is 3.23. The minimum atomic E-state index is -3.88. The first-order valence-electron chi connectivity index (χ1n) is 11.2. The van der Waals surface area contributed by atoms with Crippen molar-refractivity contribution in [1.29, 1.82) is 0 Å². The number of rotatable bonds is 4. The molecule has 9 heteroatoms. The van der Waals surface area contributed by atoms with Gasteiger partial charge in [-0.25, -0.2) is 17.4 Å². The van der Waals surface area contributed by atoms with Crippen LogP contribution in [0.15, 0.2) is 84.0 Å². The third-order valence-corrected chi connectivity index (χ3v) is 8.16. The molecule has 0 N–H and O–H groups in total. The largest absolute Gasteiger partial charge is 0.378 e. The molecule has 6 rings (SSSR count). The van der Waals surface area contributed by atoms with E-state index in [0.29, 0.717) is 34.8 Å². The lowest BCUT2D eigenvalue weighted by Gasteiger charge is -2.28. The molecule has 0 atom stereocenters. The first-order valence-corrected chi connectivity index (χ1v) is 13.0. The summed E-state index contributed by atoms with van der Waals surface area (Å²) >= 11 is 6.26. The van der Waals surface area contributed by atoms with Crippen molar-refractivity contribution in [3.63, 3.8) is 0 Å². The van der Waals surface area contributed by atoms with Crippen LogP contribution in [0.25, 0.3) is 33.2 Å². The lowest BCUT2D eigenvalue weighted by Crippen LogP contribution is -2.36. The maximum absolute atomic E-state index is 13.6. The number of morpholine rings is 1. The summed E-state index contributed by atoms with van der Waals surface area (Å²) in [5.74, 6) is 0. The molecular formula is C26H21ClN4O3S. The minimum Gasteiger partial charge on any atom is -0.378 e. The number of aromatic nitrogens is 3. The van der Waals surface area contributed by atoms with Crippen molar-refractivity contribution in [2.75, 3.05) is 31.2 Å². The molecule has 3 aromatic heterocycles. The van der Waals surface area contributed by atoms with Gasteiger partial charge in [0.05, 0.1) is 46.2 Å². The molecule has 0 amide bonds. The van der Waals surface area contributed by atoms with Gasteiger partial charge < -0.3 is 9.64 Å². The van der Waals surface area contributed by atoms with Gasteiger partial charge in [-0.05, 0) is 42.5 Å². The lowest BCUT2D eigenvalue weighted by molar-refractivity contribution is 0.122. The van der Waals surface area contributed by atoms with Crippen LogP contribution in [-0.4, -0.2) is 48.7 Å². The fraction of sp³-hybridized carbons (Fsp3) is 0.154. The number of hydrogen-bond acceptors (Lipinski definition) is 6. The number of fused-ring (bicyclic) bond motifs is 3. The zero-order valence-corrected chi connectivity index (χ0v) is 20.2. The van der Waals surface area contributed by atoms with E-state index in [1.165, 1.54) is 10.2 Å². The Bertz CT molecular complexity index is 1650. The van der Waals surface area contributed by atoms with E-state index in [2.05, 4.69) is 20.9 Å². The van der Waals surface area contributed by atoms with Gasteiger partial charge in [0.15, 0.2) is 5.65 Å². The van der Waals surface area contributed by atoms with Crippen LogP contribution in [0, 0.1) is 0 Å². The Morgan fingerprint density at radius 3 is 2.40 bits per heavy atom. The predicted octanol–water partition coefficient (Wildman–Crippen LogP) is 4.98. The SMILES string of the molecule is O=S(=O)(c1ccccc1)n1c2ccc(-c3ccc(N4CCOCC4)cn3)cc2c2cc(Cl)cnc21. The van der Waals surface area contributed by atoms with Gasteiger partial charge >= 0.3 is 0 Å². The Balaban J connectivity index is 1.50. The summed E-state index contributed by atoms with van der Waals surface area (Å²) in [5.41, 5.74) is 3.60. The molecule has 0 saturated carbocycles. The third kappa shape index (κ3) is 3.83. The van der Waals surface area contributed by atoms with Gasteiger partial charge in [0.2, 0.25) is 0 Å². The fourth-order valence-corrected chi connectivity index (χ4v) is 6.16. The second-order valence-corrected chi connectivity index (χ2v) is 10.6. The van der Waals surface area contributed by atoms with Crippen LogP contribution in [0.5, 0.6) is 0 Å². The number of ether oxygens (including phenoxy) is 1. The van der Waals surface area contributed by atoms with Crippen molar-refractivity contribution in [1.82, 2.24) is 13.9 Å². The molecule has 1 saturated heterocycles. The number of halogens is 1. The van der Waals surface area contributed by atoms with Gasteiger partial charge in [-0.2, -0.15) is 0 Å². The summed E-state index contributed by atoms with van der Waals surface area (Å²) in [6.45, 7) is 3.11. The molecule has 176 valence electrons. The standard InChI is InChI=1S/C26H21ClN4O3S/c27-19-15-23-22-14-18(24-8-7-20(17-28-24)30-10-12-34-13-11-30)6-9-25(22)31(26(23)29-16-19)35(32,33)21-4-2-1-3-5-21/h1-9,14-17H,10-13H2. The summed E-state index contributed by atoms with van der Waals surface area (Å²) in [5, 5.41) is 1.84. The predicted molar refractivity (Wildman–Crippen MR) is 138 cm³/mol. The maximum atomic E-state index is 13.6. The molecule has 0 bridgehead atoms. The second-order valence-electron chi connectivity index (χ2n) is 8.34. The van der Waals surface area contributed by atoms with Crippen LogP contribution < -0.4 is 4.90 Å². The maximum Gasteiger partial charge on any atom is 0.269 e. The Morgan fingerprint density at radius 1 is 0.857 bits per heavy atom. The highest BCUT2D eigenvalue weighted by Gasteiger charge is 2.24. The first-order chi connectivity index (χ1) is 17.0. The summed E-state index contributed by atoms with van der Waals surface area (Å²) in [4.78, 5) is 11.5. The van der Waals surface area contributed by atoms with Crippen molar-refractivity contribution in [2.24, 2.45) is 0 Å². The van der Waals surface area contributed by atoms with Crippen molar-refractivity contribution in [3.05, 3.63) is 84.1 Å². The van der Waals surface area contributed by atoms with Crippen molar-refractivity contribution in [2.45, 2.75) is 4.90 Å². The summed E-state index contributed by atoms with van der Waals surface area (Å²) in [6.07, 6.45) is 3.33. The van der Waals surface area contributed by atoms with E-state index in [-0.39, 0.29) is 4.90 Å². The first kappa shape index (κ1) is 22.0. The number of hydrogen-bond donors (Lipinski definition) is 0. The second kappa shape index (κ2) is 8.64. The highest BCUT2D eigenvalue weighted by molar-refractivity contribution is 7.90. The summed E-state index contributed by atoms with van der Waals surface area (Å²) in [7, 11) is -3.88. The molecule has 1 aliphatic rings. The van der Waals surface area contributed by atoms with Gasteiger partial charge in [0, 0.05) is 35.6 Å². The Labute approximate surface area is 207 Å². The normalized spacial score (nSPS) is 14.6. The quantitative estimate of drug-likeness (QED) is 0.343. The lowest BCUT2D eigenvalue weighted by atomic mass is 10.1. The minimum absolute atomic E-state index is 0.194. The van der Waals surface area contributed by atoms with Crippen molar-refractivity contribution < 1.29 is 13.2 Å². The smallest absolute Gasteiger partial charge is 0.269 e. The Kier molecular flexibility index (Phi) is 5.44. The molecular weight excluding hydrogens is 484 g/mol. The van der Waals surface area contributed by atoms with E-state index in [9.17, 15) is 8.42 Å². The highest BCUT2D eigenvalue weighted by Crippen LogP contribution is 2.35. The zero-order valence-electron chi connectivity index (χ0n) is 18.6. The van der Waals surface area contributed by atoms with Crippen LogP contribution in [0.2, 0.25) is 5.02 Å². The van der Waals surface area contributed by atoms with Crippen LogP contribution in [0.3, 0.4) is 0 Å². The van der Waals surface area contributed by atoms with Gasteiger partial charge in [-0.15, -0.1) is 0 Å². The van der Waals surface area contributed by atoms with Crippen LogP contribution in [0.4, 0.5) is 5.69 Å². The molecule has 0 unspecified atom stereocenters. The summed E-state index contributed by atoms with van der Waals surface area (Å²) < 4.78 is 34.0. The zero-order chi connectivity index (χ0) is 24.0.